The Morgan fingerprint density at radius 1 is 1.45 bits per heavy atom. The third-order valence-corrected chi connectivity index (χ3v) is 3.31. The van der Waals surface area contributed by atoms with Crippen LogP contribution in [0, 0.1) is 0 Å². The van der Waals surface area contributed by atoms with Crippen LogP contribution in [-0.4, -0.2) is 26.6 Å². The van der Waals surface area contributed by atoms with E-state index in [0.717, 1.165) is 18.0 Å². The zero-order chi connectivity index (χ0) is 14.5. The molecule has 0 atom stereocenters. The van der Waals surface area contributed by atoms with E-state index in [1.54, 1.807) is 0 Å². The van der Waals surface area contributed by atoms with E-state index in [-0.39, 0.29) is 18.2 Å². The van der Waals surface area contributed by atoms with Gasteiger partial charge in [0, 0.05) is 0 Å². The fourth-order valence-electron chi connectivity index (χ4n) is 1.62. The minimum Gasteiger partial charge on any atom is -0.475 e. The topological polar surface area (TPSA) is 105 Å². The summed E-state index contributed by atoms with van der Waals surface area (Å²) in [5, 5.41) is 15.3. The lowest BCUT2D eigenvalue weighted by Crippen LogP contribution is -2.22. The SMILES string of the molecule is CCCc1nnsc1C(=O)NCc1ccc(C(=O)O)o1. The Bertz CT molecular complexity index is 620. The molecular formula is C12H13N3O4S. The molecule has 2 rings (SSSR count). The van der Waals surface area contributed by atoms with Crippen LogP contribution in [-0.2, 0) is 13.0 Å². The van der Waals surface area contributed by atoms with Gasteiger partial charge in [0.15, 0.2) is 0 Å². The maximum atomic E-state index is 12.0. The maximum absolute atomic E-state index is 12.0. The first-order valence-electron chi connectivity index (χ1n) is 6.03. The molecule has 0 aromatic carbocycles. The van der Waals surface area contributed by atoms with E-state index in [4.69, 9.17) is 9.52 Å². The second kappa shape index (κ2) is 6.29. The number of aromatic carboxylic acids is 1. The first-order valence-corrected chi connectivity index (χ1v) is 6.80. The Morgan fingerprint density at radius 2 is 2.25 bits per heavy atom. The van der Waals surface area contributed by atoms with Crippen molar-refractivity contribution < 1.29 is 19.1 Å². The normalized spacial score (nSPS) is 10.4. The molecule has 7 nitrogen and oxygen atoms in total. The minimum absolute atomic E-state index is 0.121. The summed E-state index contributed by atoms with van der Waals surface area (Å²) in [6, 6.07) is 2.86. The molecule has 2 heterocycles. The maximum Gasteiger partial charge on any atom is 0.371 e. The van der Waals surface area contributed by atoms with Crippen molar-refractivity contribution in [2.75, 3.05) is 0 Å². The molecule has 0 unspecified atom stereocenters. The number of nitrogens with one attached hydrogen (secondary N) is 1. The summed E-state index contributed by atoms with van der Waals surface area (Å²) in [4.78, 5) is 23.1. The van der Waals surface area contributed by atoms with Gasteiger partial charge in [0.05, 0.1) is 12.2 Å². The van der Waals surface area contributed by atoms with Crippen LogP contribution in [0.15, 0.2) is 16.5 Å². The van der Waals surface area contributed by atoms with Crippen molar-refractivity contribution in [3.63, 3.8) is 0 Å². The average Bonchev–Trinajstić information content (AvgIpc) is 3.05. The molecular weight excluding hydrogens is 282 g/mol. The third kappa shape index (κ3) is 3.21. The smallest absolute Gasteiger partial charge is 0.371 e. The molecule has 8 heteroatoms. The van der Waals surface area contributed by atoms with Crippen molar-refractivity contribution in [2.45, 2.75) is 26.3 Å². The van der Waals surface area contributed by atoms with Gasteiger partial charge in [0.25, 0.3) is 5.91 Å². The van der Waals surface area contributed by atoms with Crippen LogP contribution in [0.1, 0.15) is 45.0 Å². The average molecular weight is 295 g/mol. The number of nitrogens with zero attached hydrogens (tertiary/aromatic N) is 2. The highest BCUT2D eigenvalue weighted by atomic mass is 32.1. The number of carbonyl (C=O) groups excluding carboxylic acids is 1. The second-order valence-corrected chi connectivity index (χ2v) is 4.81. The Kier molecular flexibility index (Phi) is 4.46. The molecule has 0 fully saturated rings. The summed E-state index contributed by atoms with van der Waals surface area (Å²) >= 11 is 1.04. The summed E-state index contributed by atoms with van der Waals surface area (Å²) < 4.78 is 8.82. The molecule has 0 bridgehead atoms. The van der Waals surface area contributed by atoms with Gasteiger partial charge in [0.2, 0.25) is 5.76 Å². The first kappa shape index (κ1) is 14.2. The number of amides is 1. The molecule has 2 N–H and O–H groups in total. The van der Waals surface area contributed by atoms with Crippen molar-refractivity contribution in [3.8, 4) is 0 Å². The highest BCUT2D eigenvalue weighted by Crippen LogP contribution is 2.13. The lowest BCUT2D eigenvalue weighted by molar-refractivity contribution is 0.0660. The molecule has 0 saturated heterocycles. The van der Waals surface area contributed by atoms with E-state index in [1.807, 2.05) is 6.92 Å². The highest BCUT2D eigenvalue weighted by Gasteiger charge is 2.16. The molecule has 2 aromatic rings. The fraction of sp³-hybridized carbons (Fsp3) is 0.333. The monoisotopic (exact) mass is 295 g/mol. The Labute approximate surface area is 118 Å². The van der Waals surface area contributed by atoms with Crippen LogP contribution in [0.25, 0.3) is 0 Å². The Morgan fingerprint density at radius 3 is 2.90 bits per heavy atom. The summed E-state index contributed by atoms with van der Waals surface area (Å²) in [7, 11) is 0. The van der Waals surface area contributed by atoms with Crippen molar-refractivity contribution in [1.29, 1.82) is 0 Å². The number of carbonyl (C=O) groups is 2. The molecule has 0 radical (unpaired) electrons. The van der Waals surface area contributed by atoms with Crippen LogP contribution in [0.4, 0.5) is 0 Å². The van der Waals surface area contributed by atoms with Crippen LogP contribution in [0.5, 0.6) is 0 Å². The largest absolute Gasteiger partial charge is 0.475 e. The van der Waals surface area contributed by atoms with Gasteiger partial charge in [-0.25, -0.2) is 4.79 Å². The van der Waals surface area contributed by atoms with Crippen LogP contribution < -0.4 is 5.32 Å². The number of hydrogen-bond acceptors (Lipinski definition) is 6. The third-order valence-electron chi connectivity index (χ3n) is 2.54. The number of aryl methyl sites for hydroxylation is 1. The molecule has 1 amide bonds. The molecule has 20 heavy (non-hydrogen) atoms. The minimum atomic E-state index is -1.14. The zero-order valence-electron chi connectivity index (χ0n) is 10.8. The molecule has 0 aliphatic heterocycles. The van der Waals surface area contributed by atoms with E-state index < -0.39 is 5.97 Å². The van der Waals surface area contributed by atoms with Gasteiger partial charge in [0.1, 0.15) is 10.6 Å². The van der Waals surface area contributed by atoms with Crippen molar-refractivity contribution in [3.05, 3.63) is 34.2 Å². The van der Waals surface area contributed by atoms with Gasteiger partial charge >= 0.3 is 5.97 Å². The Balaban J connectivity index is 1.97. The van der Waals surface area contributed by atoms with Gasteiger partial charge in [-0.15, -0.1) is 5.10 Å². The zero-order valence-corrected chi connectivity index (χ0v) is 11.6. The lowest BCUT2D eigenvalue weighted by atomic mass is 10.2. The second-order valence-electron chi connectivity index (χ2n) is 4.05. The number of carboxylic acids is 1. The fourth-order valence-corrected chi connectivity index (χ4v) is 2.24. The van der Waals surface area contributed by atoms with Gasteiger partial charge in [-0.1, -0.05) is 17.8 Å². The number of carboxylic acid groups (broad SMARTS) is 1. The van der Waals surface area contributed by atoms with Gasteiger partial charge in [-0.2, -0.15) is 0 Å². The highest BCUT2D eigenvalue weighted by molar-refractivity contribution is 7.08. The quantitative estimate of drug-likeness (QED) is 0.840. The van der Waals surface area contributed by atoms with Crippen molar-refractivity contribution in [1.82, 2.24) is 14.9 Å². The molecule has 0 aliphatic carbocycles. The standard InChI is InChI=1S/C12H13N3O4S/c1-2-3-8-10(20-15-14-8)11(16)13-6-7-4-5-9(19-7)12(17)18/h4-5H,2-3,6H2,1H3,(H,13,16)(H,17,18). The first-order chi connectivity index (χ1) is 9.61. The Hall–Kier alpha value is -2.22. The number of hydrogen-bond donors (Lipinski definition) is 2. The molecule has 0 aliphatic rings. The van der Waals surface area contributed by atoms with Gasteiger partial charge in [-0.05, 0) is 30.1 Å². The summed E-state index contributed by atoms with van der Waals surface area (Å²) in [6.07, 6.45) is 1.58. The molecule has 106 valence electrons. The number of rotatable bonds is 6. The number of aromatic nitrogens is 2. The molecule has 2 aromatic heterocycles. The van der Waals surface area contributed by atoms with Crippen molar-refractivity contribution in [2.24, 2.45) is 0 Å². The van der Waals surface area contributed by atoms with Crippen LogP contribution >= 0.6 is 11.5 Å². The summed E-state index contributed by atoms with van der Waals surface area (Å²) in [5.74, 6) is -1.19. The predicted octanol–water partition coefficient (Wildman–Crippen LogP) is 1.71. The van der Waals surface area contributed by atoms with E-state index in [0.29, 0.717) is 22.8 Å². The van der Waals surface area contributed by atoms with E-state index in [2.05, 4.69) is 14.9 Å². The summed E-state index contributed by atoms with van der Waals surface area (Å²) in [6.45, 7) is 2.12. The van der Waals surface area contributed by atoms with Gasteiger partial charge < -0.3 is 14.8 Å². The van der Waals surface area contributed by atoms with Gasteiger partial charge in [-0.3, -0.25) is 4.79 Å². The molecule has 0 saturated carbocycles. The summed E-state index contributed by atoms with van der Waals surface area (Å²) in [5.41, 5.74) is 0.681. The van der Waals surface area contributed by atoms with Crippen molar-refractivity contribution >= 4 is 23.4 Å². The molecule has 0 spiro atoms. The van der Waals surface area contributed by atoms with E-state index in [1.165, 1.54) is 12.1 Å². The predicted molar refractivity (Wildman–Crippen MR) is 70.7 cm³/mol. The van der Waals surface area contributed by atoms with E-state index in [9.17, 15) is 9.59 Å². The van der Waals surface area contributed by atoms with Crippen LogP contribution in [0.3, 0.4) is 0 Å². The number of furan rings is 1. The van der Waals surface area contributed by atoms with Crippen LogP contribution in [0.2, 0.25) is 0 Å². The lowest BCUT2D eigenvalue weighted by Gasteiger charge is -2.02. The van der Waals surface area contributed by atoms with E-state index >= 15 is 0 Å².